The minimum absolute atomic E-state index is 0.236. The first-order valence-electron chi connectivity index (χ1n) is 5.24. The largest absolute Gasteiger partial charge is 0.298 e. The Balaban J connectivity index is 2.23. The minimum atomic E-state index is 0.236. The van der Waals surface area contributed by atoms with Gasteiger partial charge >= 0.3 is 0 Å². The molecule has 0 spiro atoms. The molecule has 18 heavy (non-hydrogen) atoms. The van der Waals surface area contributed by atoms with Crippen molar-refractivity contribution < 1.29 is 4.79 Å². The molecule has 0 fully saturated rings. The highest BCUT2D eigenvalue weighted by molar-refractivity contribution is 7.16. The van der Waals surface area contributed by atoms with Crippen molar-refractivity contribution in [2.45, 2.75) is 0 Å². The zero-order chi connectivity index (χ0) is 12.5. The van der Waals surface area contributed by atoms with E-state index in [1.165, 1.54) is 11.3 Å². The molecule has 0 aliphatic heterocycles. The first kappa shape index (κ1) is 11.3. The van der Waals surface area contributed by atoms with Crippen molar-refractivity contribution in [3.05, 3.63) is 46.6 Å². The summed E-state index contributed by atoms with van der Waals surface area (Å²) >= 11 is 7.44. The van der Waals surface area contributed by atoms with Crippen molar-refractivity contribution in [3.63, 3.8) is 0 Å². The number of thiophene rings is 1. The first-order valence-corrected chi connectivity index (χ1v) is 6.50. The molecular weight excluding hydrogens is 268 g/mol. The Kier molecular flexibility index (Phi) is 2.81. The molecule has 0 saturated heterocycles. The standard InChI is InChI=1S/C13H7ClN2OS/c14-13-15-11(10-5-6-18-12(10)16-13)9-3-1-8(7-17)2-4-9/h1-7H. The van der Waals surface area contributed by atoms with Gasteiger partial charge in [-0.15, -0.1) is 11.3 Å². The molecule has 0 N–H and O–H groups in total. The van der Waals surface area contributed by atoms with Crippen LogP contribution in [-0.4, -0.2) is 16.3 Å². The number of rotatable bonds is 2. The molecule has 3 nitrogen and oxygen atoms in total. The molecule has 0 saturated carbocycles. The van der Waals surface area contributed by atoms with Crippen LogP contribution in [0.1, 0.15) is 10.4 Å². The van der Waals surface area contributed by atoms with Crippen LogP contribution in [0, 0.1) is 0 Å². The van der Waals surface area contributed by atoms with E-state index in [1.807, 2.05) is 23.6 Å². The lowest BCUT2D eigenvalue weighted by atomic mass is 10.1. The number of fused-ring (bicyclic) bond motifs is 1. The highest BCUT2D eigenvalue weighted by Gasteiger charge is 2.09. The van der Waals surface area contributed by atoms with E-state index < -0.39 is 0 Å². The second-order valence-corrected chi connectivity index (χ2v) is 4.95. The van der Waals surface area contributed by atoms with Crippen LogP contribution in [0.2, 0.25) is 5.28 Å². The Hall–Kier alpha value is -1.78. The lowest BCUT2D eigenvalue weighted by Gasteiger charge is -2.03. The van der Waals surface area contributed by atoms with Crippen LogP contribution in [0.3, 0.4) is 0 Å². The summed E-state index contributed by atoms with van der Waals surface area (Å²) in [5, 5.41) is 3.17. The maximum atomic E-state index is 10.6. The van der Waals surface area contributed by atoms with Crippen LogP contribution in [-0.2, 0) is 0 Å². The first-order chi connectivity index (χ1) is 8.78. The molecule has 0 atom stereocenters. The maximum absolute atomic E-state index is 10.6. The summed E-state index contributed by atoms with van der Waals surface area (Å²) in [4.78, 5) is 19.9. The van der Waals surface area contributed by atoms with Crippen LogP contribution in [0.25, 0.3) is 21.5 Å². The fourth-order valence-electron chi connectivity index (χ4n) is 1.77. The lowest BCUT2D eigenvalue weighted by Crippen LogP contribution is -1.89. The average Bonchev–Trinajstić information content (AvgIpc) is 2.86. The maximum Gasteiger partial charge on any atom is 0.224 e. The van der Waals surface area contributed by atoms with Crippen LogP contribution in [0.15, 0.2) is 35.7 Å². The van der Waals surface area contributed by atoms with Gasteiger partial charge in [-0.25, -0.2) is 9.97 Å². The average molecular weight is 275 g/mol. The highest BCUT2D eigenvalue weighted by atomic mass is 35.5. The van der Waals surface area contributed by atoms with Gasteiger partial charge in [0, 0.05) is 16.5 Å². The number of aromatic nitrogens is 2. The summed E-state index contributed by atoms with van der Waals surface area (Å²) in [5.41, 5.74) is 2.36. The molecule has 5 heteroatoms. The number of halogens is 1. The van der Waals surface area contributed by atoms with Gasteiger partial charge in [0.2, 0.25) is 5.28 Å². The molecule has 2 heterocycles. The molecule has 2 aromatic heterocycles. The molecule has 0 aliphatic carbocycles. The van der Waals surface area contributed by atoms with Gasteiger partial charge in [-0.2, -0.15) is 0 Å². The number of carbonyl (C=O) groups is 1. The summed E-state index contributed by atoms with van der Waals surface area (Å²) in [6.45, 7) is 0. The van der Waals surface area contributed by atoms with E-state index >= 15 is 0 Å². The molecule has 3 rings (SSSR count). The van der Waals surface area contributed by atoms with Crippen molar-refractivity contribution in [2.24, 2.45) is 0 Å². The van der Waals surface area contributed by atoms with E-state index in [-0.39, 0.29) is 5.28 Å². The van der Waals surface area contributed by atoms with Crippen molar-refractivity contribution in [1.29, 1.82) is 0 Å². The Morgan fingerprint density at radius 2 is 1.89 bits per heavy atom. The van der Waals surface area contributed by atoms with E-state index in [4.69, 9.17) is 11.6 Å². The molecule has 0 aliphatic rings. The Morgan fingerprint density at radius 3 is 2.61 bits per heavy atom. The van der Waals surface area contributed by atoms with Gasteiger partial charge in [0.25, 0.3) is 0 Å². The Morgan fingerprint density at radius 1 is 1.11 bits per heavy atom. The molecule has 0 amide bonds. The van der Waals surface area contributed by atoms with Crippen LogP contribution in [0.4, 0.5) is 0 Å². The van der Waals surface area contributed by atoms with Crippen molar-refractivity contribution >= 4 is 39.4 Å². The molecule has 88 valence electrons. The summed E-state index contributed by atoms with van der Waals surface area (Å²) in [7, 11) is 0. The summed E-state index contributed by atoms with van der Waals surface area (Å²) in [6, 6.07) is 9.21. The molecular formula is C13H7ClN2OS. The molecule has 0 radical (unpaired) electrons. The normalized spacial score (nSPS) is 10.7. The predicted molar refractivity (Wildman–Crippen MR) is 73.2 cm³/mol. The topological polar surface area (TPSA) is 42.9 Å². The number of benzene rings is 1. The van der Waals surface area contributed by atoms with E-state index in [1.54, 1.807) is 12.1 Å². The lowest BCUT2D eigenvalue weighted by molar-refractivity contribution is 0.112. The van der Waals surface area contributed by atoms with Gasteiger partial charge in [-0.1, -0.05) is 24.3 Å². The van der Waals surface area contributed by atoms with Gasteiger partial charge in [-0.05, 0) is 23.0 Å². The van der Waals surface area contributed by atoms with Gasteiger partial charge in [0.15, 0.2) is 0 Å². The third kappa shape index (κ3) is 1.89. The van der Waals surface area contributed by atoms with Crippen molar-refractivity contribution in [1.82, 2.24) is 9.97 Å². The van der Waals surface area contributed by atoms with Gasteiger partial charge in [-0.3, -0.25) is 4.79 Å². The smallest absolute Gasteiger partial charge is 0.224 e. The van der Waals surface area contributed by atoms with Crippen LogP contribution < -0.4 is 0 Å². The van der Waals surface area contributed by atoms with E-state index in [0.717, 1.165) is 27.8 Å². The second-order valence-electron chi connectivity index (χ2n) is 3.72. The molecule has 0 bridgehead atoms. The zero-order valence-electron chi connectivity index (χ0n) is 9.13. The van der Waals surface area contributed by atoms with E-state index in [2.05, 4.69) is 9.97 Å². The number of carbonyl (C=O) groups excluding carboxylic acids is 1. The quantitative estimate of drug-likeness (QED) is 0.527. The minimum Gasteiger partial charge on any atom is -0.298 e. The molecule has 0 unspecified atom stereocenters. The molecule has 3 aromatic rings. The summed E-state index contributed by atoms with van der Waals surface area (Å²) in [6.07, 6.45) is 0.816. The Bertz CT molecular complexity index is 721. The third-order valence-corrected chi connectivity index (χ3v) is 3.59. The zero-order valence-corrected chi connectivity index (χ0v) is 10.7. The fraction of sp³-hybridized carbons (Fsp3) is 0. The van der Waals surface area contributed by atoms with Gasteiger partial charge in [0.05, 0.1) is 5.69 Å². The number of aldehydes is 1. The second kappa shape index (κ2) is 4.48. The summed E-state index contributed by atoms with van der Waals surface area (Å²) in [5.74, 6) is 0. The van der Waals surface area contributed by atoms with Gasteiger partial charge < -0.3 is 0 Å². The monoisotopic (exact) mass is 274 g/mol. The number of nitrogens with zero attached hydrogens (tertiary/aromatic N) is 2. The van der Waals surface area contributed by atoms with Crippen LogP contribution in [0.5, 0.6) is 0 Å². The van der Waals surface area contributed by atoms with Crippen LogP contribution >= 0.6 is 22.9 Å². The van der Waals surface area contributed by atoms with E-state index in [9.17, 15) is 4.79 Å². The predicted octanol–water partition coefficient (Wildman–Crippen LogP) is 3.82. The third-order valence-electron chi connectivity index (χ3n) is 2.62. The highest BCUT2D eigenvalue weighted by Crippen LogP contribution is 2.30. The number of hydrogen-bond donors (Lipinski definition) is 0. The SMILES string of the molecule is O=Cc1ccc(-c2nc(Cl)nc3sccc23)cc1. The molecule has 1 aromatic carbocycles. The van der Waals surface area contributed by atoms with Crippen molar-refractivity contribution in [2.75, 3.05) is 0 Å². The number of hydrogen-bond acceptors (Lipinski definition) is 4. The van der Waals surface area contributed by atoms with Gasteiger partial charge in [0.1, 0.15) is 11.1 Å². The van der Waals surface area contributed by atoms with E-state index in [0.29, 0.717) is 5.56 Å². The summed E-state index contributed by atoms with van der Waals surface area (Å²) < 4.78 is 0. The Labute approximate surface area is 112 Å². The van der Waals surface area contributed by atoms with Crippen molar-refractivity contribution in [3.8, 4) is 11.3 Å². The fourth-order valence-corrected chi connectivity index (χ4v) is 2.75.